The van der Waals surface area contributed by atoms with Gasteiger partial charge in [0.05, 0.1) is 12.0 Å². The quantitative estimate of drug-likeness (QED) is 0.737. The summed E-state index contributed by atoms with van der Waals surface area (Å²) in [4.78, 5) is 10.3. The van der Waals surface area contributed by atoms with E-state index in [1.165, 1.54) is 12.1 Å². The van der Waals surface area contributed by atoms with Gasteiger partial charge < -0.3 is 5.11 Å². The molecule has 0 unspecified atom stereocenters. The van der Waals surface area contributed by atoms with Crippen molar-refractivity contribution < 1.29 is 14.3 Å². The molecule has 4 heteroatoms. The minimum absolute atomic E-state index is 0.0886. The zero-order chi connectivity index (χ0) is 11.3. The summed E-state index contributed by atoms with van der Waals surface area (Å²) in [5.41, 5.74) is 0.452. The van der Waals surface area contributed by atoms with Gasteiger partial charge in [0.15, 0.2) is 6.07 Å². The van der Waals surface area contributed by atoms with Crippen LogP contribution in [0.2, 0.25) is 0 Å². The first-order valence-electron chi connectivity index (χ1n) is 4.04. The molecule has 0 amide bonds. The van der Waals surface area contributed by atoms with Crippen LogP contribution in [0.15, 0.2) is 18.2 Å². The number of nitrogens with zero attached hydrogens (tertiary/aromatic N) is 1. The molecule has 0 aliphatic heterocycles. The summed E-state index contributed by atoms with van der Waals surface area (Å²) < 4.78 is 13.2. The van der Waals surface area contributed by atoms with Crippen molar-refractivity contribution in [2.45, 2.75) is 6.42 Å². The van der Waals surface area contributed by atoms with E-state index in [-0.39, 0.29) is 12.0 Å². The standard InChI is InChI=1S/C11H6FNO2/c12-10-6-8(7-11(14)15)3-4-9(10)2-1-5-13/h3-4,6H,7H2,(H,14,15). The van der Waals surface area contributed by atoms with Crippen LogP contribution >= 0.6 is 0 Å². The molecule has 74 valence electrons. The molecular formula is C11H6FNO2. The smallest absolute Gasteiger partial charge is 0.307 e. The largest absolute Gasteiger partial charge is 0.481 e. The van der Waals surface area contributed by atoms with Crippen LogP contribution in [0.1, 0.15) is 11.1 Å². The Bertz CT molecular complexity index is 492. The minimum atomic E-state index is -1.02. The van der Waals surface area contributed by atoms with Crippen molar-refractivity contribution in [2.24, 2.45) is 0 Å². The summed E-state index contributed by atoms with van der Waals surface area (Å²) in [7, 11) is 0. The summed E-state index contributed by atoms with van der Waals surface area (Å²) >= 11 is 0. The number of hydrogen-bond acceptors (Lipinski definition) is 2. The van der Waals surface area contributed by atoms with Crippen molar-refractivity contribution in [2.75, 3.05) is 0 Å². The van der Waals surface area contributed by atoms with Gasteiger partial charge in [-0.1, -0.05) is 6.07 Å². The van der Waals surface area contributed by atoms with Crippen LogP contribution in [0.4, 0.5) is 4.39 Å². The molecule has 1 aromatic rings. The fourth-order valence-electron chi connectivity index (χ4n) is 1.04. The van der Waals surface area contributed by atoms with Crippen molar-refractivity contribution in [1.29, 1.82) is 5.26 Å². The average Bonchev–Trinajstić information content (AvgIpc) is 2.15. The van der Waals surface area contributed by atoms with Gasteiger partial charge in [-0.2, -0.15) is 5.26 Å². The van der Waals surface area contributed by atoms with Gasteiger partial charge in [-0.25, -0.2) is 4.39 Å². The number of hydrogen-bond donors (Lipinski definition) is 1. The van der Waals surface area contributed by atoms with Crippen molar-refractivity contribution in [3.63, 3.8) is 0 Å². The molecule has 0 saturated carbocycles. The molecule has 3 nitrogen and oxygen atoms in total. The Morgan fingerprint density at radius 2 is 2.27 bits per heavy atom. The van der Waals surface area contributed by atoms with Gasteiger partial charge in [0.1, 0.15) is 5.82 Å². The maximum Gasteiger partial charge on any atom is 0.307 e. The third-order valence-corrected chi connectivity index (χ3v) is 1.64. The number of rotatable bonds is 2. The van der Waals surface area contributed by atoms with E-state index in [1.54, 1.807) is 6.07 Å². The molecule has 0 aromatic heterocycles. The summed E-state index contributed by atoms with van der Waals surface area (Å²) in [6, 6.07) is 5.50. The molecule has 0 bridgehead atoms. The van der Waals surface area contributed by atoms with Gasteiger partial charge in [0, 0.05) is 5.92 Å². The van der Waals surface area contributed by atoms with Crippen LogP contribution in [0, 0.1) is 29.0 Å². The number of carboxylic acids is 1. The fourth-order valence-corrected chi connectivity index (χ4v) is 1.04. The predicted molar refractivity (Wildman–Crippen MR) is 50.2 cm³/mol. The van der Waals surface area contributed by atoms with Crippen LogP contribution in [0.3, 0.4) is 0 Å². The zero-order valence-electron chi connectivity index (χ0n) is 7.62. The van der Waals surface area contributed by atoms with Gasteiger partial charge in [0.2, 0.25) is 0 Å². The minimum Gasteiger partial charge on any atom is -0.481 e. The van der Waals surface area contributed by atoms with Crippen molar-refractivity contribution in [1.82, 2.24) is 0 Å². The molecule has 0 aliphatic rings. The summed E-state index contributed by atoms with van der Waals surface area (Å²) in [5.74, 6) is 2.74. The molecule has 0 aliphatic carbocycles. The molecule has 0 radical (unpaired) electrons. The van der Waals surface area contributed by atoms with E-state index in [1.807, 2.05) is 0 Å². The Kier molecular flexibility index (Phi) is 3.43. The SMILES string of the molecule is N#CC#Cc1ccc(CC(=O)O)cc1F. The molecule has 0 saturated heterocycles. The van der Waals surface area contributed by atoms with Gasteiger partial charge in [-0.15, -0.1) is 0 Å². The van der Waals surface area contributed by atoms with E-state index in [0.717, 1.165) is 6.07 Å². The Morgan fingerprint density at radius 1 is 1.53 bits per heavy atom. The van der Waals surface area contributed by atoms with Crippen molar-refractivity contribution in [3.05, 3.63) is 35.1 Å². The lowest BCUT2D eigenvalue weighted by molar-refractivity contribution is -0.136. The zero-order valence-corrected chi connectivity index (χ0v) is 7.62. The molecule has 0 heterocycles. The molecular weight excluding hydrogens is 197 g/mol. The highest BCUT2D eigenvalue weighted by Gasteiger charge is 2.04. The highest BCUT2D eigenvalue weighted by molar-refractivity contribution is 5.70. The Balaban J connectivity index is 2.99. The van der Waals surface area contributed by atoms with Crippen LogP contribution in [0.5, 0.6) is 0 Å². The topological polar surface area (TPSA) is 61.1 Å². The second kappa shape index (κ2) is 4.78. The molecule has 0 spiro atoms. The lowest BCUT2D eigenvalue weighted by atomic mass is 10.1. The maximum absolute atomic E-state index is 13.2. The third kappa shape index (κ3) is 3.13. The Labute approximate surface area is 85.8 Å². The van der Waals surface area contributed by atoms with Crippen LogP contribution in [-0.2, 0) is 11.2 Å². The van der Waals surface area contributed by atoms with Crippen molar-refractivity contribution in [3.8, 4) is 17.9 Å². The van der Waals surface area contributed by atoms with E-state index >= 15 is 0 Å². The van der Waals surface area contributed by atoms with E-state index in [4.69, 9.17) is 10.4 Å². The van der Waals surface area contributed by atoms with Gasteiger partial charge in [-0.05, 0) is 23.6 Å². The summed E-state index contributed by atoms with van der Waals surface area (Å²) in [6.45, 7) is 0. The Morgan fingerprint density at radius 3 is 2.80 bits per heavy atom. The second-order valence-corrected chi connectivity index (χ2v) is 2.75. The normalized spacial score (nSPS) is 8.53. The highest BCUT2D eigenvalue weighted by atomic mass is 19.1. The lowest BCUT2D eigenvalue weighted by Gasteiger charge is -1.98. The molecule has 1 aromatic carbocycles. The Hall–Kier alpha value is -2.33. The van der Waals surface area contributed by atoms with E-state index in [0.29, 0.717) is 5.56 Å². The number of carboxylic acid groups (broad SMARTS) is 1. The van der Waals surface area contributed by atoms with Gasteiger partial charge >= 0.3 is 5.97 Å². The number of aliphatic carboxylic acids is 1. The van der Waals surface area contributed by atoms with Gasteiger partial charge in [0.25, 0.3) is 0 Å². The number of nitriles is 1. The lowest BCUT2D eigenvalue weighted by Crippen LogP contribution is -2.00. The first-order valence-corrected chi connectivity index (χ1v) is 4.04. The maximum atomic E-state index is 13.2. The molecule has 1 rings (SSSR count). The van der Waals surface area contributed by atoms with Crippen LogP contribution in [0.25, 0.3) is 0 Å². The van der Waals surface area contributed by atoms with Crippen molar-refractivity contribution >= 4 is 5.97 Å². The second-order valence-electron chi connectivity index (χ2n) is 2.75. The fraction of sp³-hybridized carbons (Fsp3) is 0.0909. The number of halogens is 1. The van der Waals surface area contributed by atoms with E-state index in [9.17, 15) is 9.18 Å². The van der Waals surface area contributed by atoms with E-state index in [2.05, 4.69) is 11.8 Å². The predicted octanol–water partition coefficient (Wildman–Crippen LogP) is 1.33. The van der Waals surface area contributed by atoms with Crippen LogP contribution < -0.4 is 0 Å². The first-order chi connectivity index (χ1) is 7.13. The molecule has 0 fully saturated rings. The summed E-state index contributed by atoms with van der Waals surface area (Å²) in [5, 5.41) is 16.6. The number of carbonyl (C=O) groups is 1. The molecule has 1 N–H and O–H groups in total. The van der Waals surface area contributed by atoms with E-state index < -0.39 is 11.8 Å². The third-order valence-electron chi connectivity index (χ3n) is 1.64. The highest BCUT2D eigenvalue weighted by Crippen LogP contribution is 2.09. The average molecular weight is 203 g/mol. The first kappa shape index (κ1) is 10.7. The summed E-state index contributed by atoms with van der Waals surface area (Å²) in [6.07, 6.45) is -0.233. The number of benzene rings is 1. The van der Waals surface area contributed by atoms with Gasteiger partial charge in [-0.3, -0.25) is 4.79 Å². The van der Waals surface area contributed by atoms with Crippen LogP contribution in [-0.4, -0.2) is 11.1 Å². The molecule has 0 atom stereocenters. The monoisotopic (exact) mass is 203 g/mol. The molecule has 15 heavy (non-hydrogen) atoms.